The van der Waals surface area contributed by atoms with E-state index in [1.165, 1.54) is 0 Å². The molecule has 0 bridgehead atoms. The second-order valence-corrected chi connectivity index (χ2v) is 3.60. The molecule has 0 radical (unpaired) electrons. The van der Waals surface area contributed by atoms with Gasteiger partial charge in [0.2, 0.25) is 5.91 Å². The lowest BCUT2D eigenvalue weighted by atomic mass is 10.2. The summed E-state index contributed by atoms with van der Waals surface area (Å²) in [5.41, 5.74) is -0.622. The van der Waals surface area contributed by atoms with Gasteiger partial charge >= 0.3 is 6.18 Å². The van der Waals surface area contributed by atoms with Crippen LogP contribution in [-0.4, -0.2) is 29.3 Å². The van der Waals surface area contributed by atoms with Gasteiger partial charge in [-0.1, -0.05) is 0 Å². The van der Waals surface area contributed by atoms with E-state index in [9.17, 15) is 18.0 Å². The monoisotopic (exact) mass is 211 g/mol. The quantitative estimate of drug-likeness (QED) is 0.728. The zero-order chi connectivity index (χ0) is 10.8. The number of aliphatic hydroxyl groups excluding tert-OH is 1. The third-order valence-electron chi connectivity index (χ3n) is 2.20. The topological polar surface area (TPSA) is 49.3 Å². The molecule has 14 heavy (non-hydrogen) atoms. The summed E-state index contributed by atoms with van der Waals surface area (Å²) in [5, 5.41) is 11.2. The van der Waals surface area contributed by atoms with Crippen molar-refractivity contribution in [1.29, 1.82) is 0 Å². The van der Waals surface area contributed by atoms with Crippen molar-refractivity contribution < 1.29 is 23.1 Å². The van der Waals surface area contributed by atoms with Crippen LogP contribution in [-0.2, 0) is 4.79 Å². The van der Waals surface area contributed by atoms with Crippen LogP contribution in [0.2, 0.25) is 0 Å². The Kier molecular flexibility index (Phi) is 3.04. The Balaban J connectivity index is 2.23. The van der Waals surface area contributed by atoms with Gasteiger partial charge in [-0.2, -0.15) is 13.2 Å². The summed E-state index contributed by atoms with van der Waals surface area (Å²) < 4.78 is 35.2. The zero-order valence-electron chi connectivity index (χ0n) is 7.52. The van der Waals surface area contributed by atoms with Gasteiger partial charge in [-0.05, 0) is 12.8 Å². The molecule has 0 aromatic carbocycles. The molecule has 3 nitrogen and oxygen atoms in total. The largest absolute Gasteiger partial charge is 0.394 e. The van der Waals surface area contributed by atoms with E-state index in [2.05, 4.69) is 5.32 Å². The number of alkyl halides is 3. The summed E-state index contributed by atoms with van der Waals surface area (Å²) in [6.45, 7) is -0.204. The van der Waals surface area contributed by atoms with E-state index in [1.807, 2.05) is 0 Å². The molecule has 1 rings (SSSR count). The van der Waals surface area contributed by atoms with Crippen molar-refractivity contribution in [2.75, 3.05) is 6.61 Å². The number of aliphatic hydroxyl groups is 1. The summed E-state index contributed by atoms with van der Waals surface area (Å²) in [6.07, 6.45) is -4.69. The van der Waals surface area contributed by atoms with Crippen molar-refractivity contribution in [3.63, 3.8) is 0 Å². The first-order chi connectivity index (χ1) is 6.37. The predicted molar refractivity (Wildman–Crippen MR) is 42.5 cm³/mol. The Hall–Kier alpha value is -0.780. The molecule has 1 amide bonds. The molecule has 82 valence electrons. The van der Waals surface area contributed by atoms with Crippen LogP contribution >= 0.6 is 0 Å². The molecule has 0 aromatic rings. The first kappa shape index (κ1) is 11.3. The lowest BCUT2D eigenvalue weighted by Gasteiger charge is -2.14. The van der Waals surface area contributed by atoms with Gasteiger partial charge in [0.15, 0.2) is 0 Å². The fourth-order valence-electron chi connectivity index (χ4n) is 1.09. The van der Waals surface area contributed by atoms with E-state index in [1.54, 1.807) is 0 Å². The van der Waals surface area contributed by atoms with E-state index < -0.39 is 30.5 Å². The minimum Gasteiger partial charge on any atom is -0.394 e. The first-order valence-electron chi connectivity index (χ1n) is 4.36. The van der Waals surface area contributed by atoms with Crippen molar-refractivity contribution in [3.8, 4) is 0 Å². The Labute approximate surface area is 79.3 Å². The Morgan fingerprint density at radius 3 is 2.36 bits per heavy atom. The maximum atomic E-state index is 11.7. The van der Waals surface area contributed by atoms with Gasteiger partial charge in [0.25, 0.3) is 0 Å². The molecule has 1 aliphatic rings. The van der Waals surface area contributed by atoms with E-state index in [4.69, 9.17) is 5.11 Å². The minimum absolute atomic E-state index is 0.204. The number of nitrogens with one attached hydrogen (secondary N) is 1. The van der Waals surface area contributed by atoms with Crippen LogP contribution in [0.15, 0.2) is 0 Å². The molecule has 6 heteroatoms. The maximum absolute atomic E-state index is 11.7. The number of carbonyl (C=O) groups is 1. The van der Waals surface area contributed by atoms with Crippen molar-refractivity contribution in [1.82, 2.24) is 5.32 Å². The Morgan fingerprint density at radius 1 is 1.43 bits per heavy atom. The van der Waals surface area contributed by atoms with E-state index in [-0.39, 0.29) is 6.61 Å². The number of amides is 1. The average molecular weight is 211 g/mol. The molecule has 0 aromatic heterocycles. The molecule has 0 saturated heterocycles. The lowest BCUT2D eigenvalue weighted by Crippen LogP contribution is -2.39. The van der Waals surface area contributed by atoms with Gasteiger partial charge in [-0.25, -0.2) is 0 Å². The Bertz CT molecular complexity index is 223. The van der Waals surface area contributed by atoms with Crippen molar-refractivity contribution >= 4 is 5.91 Å². The molecule has 0 heterocycles. The highest BCUT2D eigenvalue weighted by atomic mass is 19.4. The van der Waals surface area contributed by atoms with Crippen LogP contribution in [0.1, 0.15) is 25.7 Å². The highest BCUT2D eigenvalue weighted by Gasteiger charge is 2.43. The van der Waals surface area contributed by atoms with E-state index >= 15 is 0 Å². The highest BCUT2D eigenvalue weighted by molar-refractivity contribution is 5.77. The fourth-order valence-corrected chi connectivity index (χ4v) is 1.09. The van der Waals surface area contributed by atoms with Crippen LogP contribution in [0, 0.1) is 0 Å². The number of rotatable bonds is 4. The van der Waals surface area contributed by atoms with Crippen LogP contribution in [0.5, 0.6) is 0 Å². The summed E-state index contributed by atoms with van der Waals surface area (Å²) in [4.78, 5) is 11.0. The molecule has 0 unspecified atom stereocenters. The summed E-state index contributed by atoms with van der Waals surface area (Å²) >= 11 is 0. The van der Waals surface area contributed by atoms with Crippen molar-refractivity contribution in [2.24, 2.45) is 0 Å². The maximum Gasteiger partial charge on any atom is 0.389 e. The first-order valence-corrected chi connectivity index (χ1v) is 4.36. The summed E-state index contributed by atoms with van der Waals surface area (Å²) in [5.74, 6) is -0.645. The van der Waals surface area contributed by atoms with E-state index in [0.29, 0.717) is 12.8 Å². The smallest absolute Gasteiger partial charge is 0.389 e. The normalized spacial score (nSPS) is 19.1. The van der Waals surface area contributed by atoms with Crippen LogP contribution in [0.4, 0.5) is 13.2 Å². The zero-order valence-corrected chi connectivity index (χ0v) is 7.52. The molecular formula is C8H12F3NO2. The number of halogens is 3. The number of carbonyl (C=O) groups excluding carboxylic acids is 1. The molecule has 2 N–H and O–H groups in total. The van der Waals surface area contributed by atoms with Gasteiger partial charge in [0.05, 0.1) is 18.6 Å². The molecule has 1 fully saturated rings. The highest BCUT2D eigenvalue weighted by Crippen LogP contribution is 2.34. The second kappa shape index (κ2) is 3.76. The number of hydrogen-bond donors (Lipinski definition) is 2. The third kappa shape index (κ3) is 3.53. The lowest BCUT2D eigenvalue weighted by molar-refractivity contribution is -0.144. The van der Waals surface area contributed by atoms with Crippen LogP contribution in [0.25, 0.3) is 0 Å². The molecule has 0 aliphatic heterocycles. The van der Waals surface area contributed by atoms with Gasteiger partial charge in [0.1, 0.15) is 0 Å². The van der Waals surface area contributed by atoms with Crippen LogP contribution < -0.4 is 5.32 Å². The van der Waals surface area contributed by atoms with Gasteiger partial charge in [0, 0.05) is 6.42 Å². The van der Waals surface area contributed by atoms with Crippen molar-refractivity contribution in [3.05, 3.63) is 0 Å². The van der Waals surface area contributed by atoms with Crippen LogP contribution in [0.3, 0.4) is 0 Å². The van der Waals surface area contributed by atoms with Gasteiger partial charge in [-0.15, -0.1) is 0 Å². The van der Waals surface area contributed by atoms with Crippen molar-refractivity contribution in [2.45, 2.75) is 37.4 Å². The predicted octanol–water partition coefficient (Wildman–Crippen LogP) is 0.970. The third-order valence-corrected chi connectivity index (χ3v) is 2.20. The minimum atomic E-state index is -4.30. The summed E-state index contributed by atoms with van der Waals surface area (Å²) in [6, 6.07) is 0. The standard InChI is InChI=1S/C8H12F3NO2/c9-8(10,11)2-1-6(14)12-7(5-13)3-4-7/h13H,1-5H2,(H,12,14). The summed E-state index contributed by atoms with van der Waals surface area (Å²) in [7, 11) is 0. The van der Waals surface area contributed by atoms with Gasteiger partial charge < -0.3 is 10.4 Å². The van der Waals surface area contributed by atoms with E-state index in [0.717, 1.165) is 0 Å². The molecule has 1 aliphatic carbocycles. The molecule has 0 atom stereocenters. The molecule has 1 saturated carbocycles. The fraction of sp³-hybridized carbons (Fsp3) is 0.875. The number of hydrogen-bond acceptors (Lipinski definition) is 2. The SMILES string of the molecule is O=C(CCC(F)(F)F)NC1(CO)CC1. The van der Waals surface area contributed by atoms with Gasteiger partial charge in [-0.3, -0.25) is 4.79 Å². The molecule has 0 spiro atoms. The molecular weight excluding hydrogens is 199 g/mol. The Morgan fingerprint density at radius 2 is 2.00 bits per heavy atom. The second-order valence-electron chi connectivity index (χ2n) is 3.60. The average Bonchev–Trinajstić information content (AvgIpc) is 2.81.